The molecule has 0 fully saturated rings. The highest BCUT2D eigenvalue weighted by Crippen LogP contribution is 2.31. The van der Waals surface area contributed by atoms with E-state index in [1.54, 1.807) is 0 Å². The average molecular weight is 287 g/mol. The minimum atomic E-state index is -4.40. The Bertz CT molecular complexity index is 529. The fourth-order valence-corrected chi connectivity index (χ4v) is 1.75. The number of halogens is 3. The molecule has 102 valence electrons. The van der Waals surface area contributed by atoms with E-state index in [0.29, 0.717) is 17.7 Å². The Hall–Kier alpha value is -1.61. The normalized spacial score (nSPS) is 10.7. The number of alkyl halides is 3. The van der Waals surface area contributed by atoms with Crippen LogP contribution in [0.2, 0.25) is 0 Å². The van der Waals surface area contributed by atoms with Gasteiger partial charge in [0.15, 0.2) is 5.12 Å². The van der Waals surface area contributed by atoms with E-state index in [9.17, 15) is 18.0 Å². The van der Waals surface area contributed by atoms with E-state index in [1.807, 2.05) is 0 Å². The summed E-state index contributed by atoms with van der Waals surface area (Å²) in [5.74, 6) is 6.03. The zero-order valence-corrected chi connectivity index (χ0v) is 11.0. The van der Waals surface area contributed by atoms with Crippen LogP contribution >= 0.6 is 11.8 Å². The zero-order chi connectivity index (χ0) is 14.5. The van der Waals surface area contributed by atoms with Crippen molar-refractivity contribution in [2.24, 2.45) is 0 Å². The molecule has 0 saturated carbocycles. The van der Waals surface area contributed by atoms with Crippen molar-refractivity contribution in [2.45, 2.75) is 19.5 Å². The molecule has 0 aliphatic carbocycles. The van der Waals surface area contributed by atoms with Crippen LogP contribution < -0.4 is 5.73 Å². The van der Waals surface area contributed by atoms with E-state index in [4.69, 9.17) is 5.73 Å². The summed E-state index contributed by atoms with van der Waals surface area (Å²) in [5, 5.41) is 0.0100. The number of hydrogen-bond acceptors (Lipinski definition) is 3. The van der Waals surface area contributed by atoms with Gasteiger partial charge in [0.25, 0.3) is 0 Å². The number of carbonyl (C=O) groups is 1. The van der Waals surface area contributed by atoms with Gasteiger partial charge in [0.1, 0.15) is 0 Å². The lowest BCUT2D eigenvalue weighted by Gasteiger charge is -2.07. The number of carbonyl (C=O) groups excluding carboxylic acids is 1. The van der Waals surface area contributed by atoms with Gasteiger partial charge < -0.3 is 5.73 Å². The Morgan fingerprint density at radius 1 is 1.42 bits per heavy atom. The summed E-state index contributed by atoms with van der Waals surface area (Å²) in [6.45, 7) is 1.46. The lowest BCUT2D eigenvalue weighted by molar-refractivity contribution is -0.137. The molecule has 0 bridgehead atoms. The number of anilines is 1. The number of nitrogen functional groups attached to an aromatic ring is 1. The zero-order valence-electron chi connectivity index (χ0n) is 10.2. The maximum Gasteiger partial charge on any atom is 0.416 e. The van der Waals surface area contributed by atoms with Gasteiger partial charge in [0, 0.05) is 30.3 Å². The Morgan fingerprint density at radius 2 is 2.11 bits per heavy atom. The van der Waals surface area contributed by atoms with Crippen LogP contribution in [0.3, 0.4) is 0 Å². The topological polar surface area (TPSA) is 43.1 Å². The molecule has 0 unspecified atom stereocenters. The van der Waals surface area contributed by atoms with E-state index < -0.39 is 11.7 Å². The van der Waals surface area contributed by atoms with Crippen molar-refractivity contribution in [2.75, 3.05) is 11.5 Å². The van der Waals surface area contributed by atoms with Gasteiger partial charge in [-0.1, -0.05) is 23.6 Å². The molecule has 1 aromatic carbocycles. The SMILES string of the molecule is CC(=O)SCCC#Cc1ccc(C(F)(F)F)cc1N. The molecule has 0 heterocycles. The molecule has 2 N–H and O–H groups in total. The highest BCUT2D eigenvalue weighted by Gasteiger charge is 2.30. The van der Waals surface area contributed by atoms with Gasteiger partial charge in [-0.2, -0.15) is 13.2 Å². The molecule has 0 aliphatic heterocycles. The summed E-state index contributed by atoms with van der Waals surface area (Å²) in [6, 6.07) is 3.07. The molecule has 1 rings (SSSR count). The maximum absolute atomic E-state index is 12.4. The smallest absolute Gasteiger partial charge is 0.398 e. The van der Waals surface area contributed by atoms with Crippen molar-refractivity contribution in [1.82, 2.24) is 0 Å². The van der Waals surface area contributed by atoms with Crippen LogP contribution in [-0.4, -0.2) is 10.9 Å². The Labute approximate surface area is 113 Å². The third-order valence-corrected chi connectivity index (χ3v) is 2.95. The monoisotopic (exact) mass is 287 g/mol. The minimum Gasteiger partial charge on any atom is -0.398 e. The summed E-state index contributed by atoms with van der Waals surface area (Å²) in [5.41, 5.74) is 5.09. The van der Waals surface area contributed by atoms with Gasteiger partial charge >= 0.3 is 6.18 Å². The number of rotatable bonds is 2. The number of hydrogen-bond donors (Lipinski definition) is 1. The van der Waals surface area contributed by atoms with Crippen molar-refractivity contribution in [3.63, 3.8) is 0 Å². The first-order valence-corrected chi connectivity index (χ1v) is 6.38. The van der Waals surface area contributed by atoms with Gasteiger partial charge in [0.2, 0.25) is 0 Å². The van der Waals surface area contributed by atoms with E-state index >= 15 is 0 Å². The van der Waals surface area contributed by atoms with Gasteiger partial charge in [0.05, 0.1) is 5.56 Å². The van der Waals surface area contributed by atoms with Crippen LogP contribution in [0.1, 0.15) is 24.5 Å². The fraction of sp³-hybridized carbons (Fsp3) is 0.308. The highest BCUT2D eigenvalue weighted by atomic mass is 32.2. The van der Waals surface area contributed by atoms with E-state index in [0.717, 1.165) is 23.9 Å². The van der Waals surface area contributed by atoms with Crippen molar-refractivity contribution < 1.29 is 18.0 Å². The molecule has 0 spiro atoms. The number of nitrogens with two attached hydrogens (primary N) is 1. The number of benzene rings is 1. The molecular formula is C13H12F3NOS. The van der Waals surface area contributed by atoms with E-state index in [1.165, 1.54) is 13.0 Å². The second-order valence-electron chi connectivity index (χ2n) is 3.69. The Morgan fingerprint density at radius 3 is 2.63 bits per heavy atom. The van der Waals surface area contributed by atoms with Crippen LogP contribution in [0.25, 0.3) is 0 Å². The summed E-state index contributed by atoms with van der Waals surface area (Å²) < 4.78 is 37.2. The minimum absolute atomic E-state index is 0.00143. The average Bonchev–Trinajstić information content (AvgIpc) is 2.28. The maximum atomic E-state index is 12.4. The van der Waals surface area contributed by atoms with Crippen molar-refractivity contribution >= 4 is 22.6 Å². The van der Waals surface area contributed by atoms with Gasteiger partial charge in [-0.15, -0.1) is 0 Å². The van der Waals surface area contributed by atoms with Crippen molar-refractivity contribution in [3.8, 4) is 11.8 Å². The largest absolute Gasteiger partial charge is 0.416 e. The first-order chi connectivity index (χ1) is 8.80. The Kier molecular flexibility index (Phi) is 5.31. The second kappa shape index (κ2) is 6.53. The predicted octanol–water partition coefficient (Wildman–Crippen LogP) is 3.31. The second-order valence-corrected chi connectivity index (χ2v) is 4.96. The molecular weight excluding hydrogens is 275 g/mol. The van der Waals surface area contributed by atoms with Gasteiger partial charge in [-0.3, -0.25) is 4.79 Å². The first kappa shape index (κ1) is 15.4. The van der Waals surface area contributed by atoms with Gasteiger partial charge in [-0.05, 0) is 18.2 Å². The molecule has 6 heteroatoms. The third-order valence-electron chi connectivity index (χ3n) is 2.13. The molecule has 1 aromatic rings. The molecule has 0 atom stereocenters. The number of thioether (sulfide) groups is 1. The van der Waals surface area contributed by atoms with Crippen LogP contribution in [0, 0.1) is 11.8 Å². The quantitative estimate of drug-likeness (QED) is 0.515. The fourth-order valence-electron chi connectivity index (χ4n) is 1.26. The standard InChI is InChI=1S/C13H12F3NOS/c1-9(18)19-7-3-2-4-10-5-6-11(8-12(10)17)13(14,15)16/h5-6,8H,3,7,17H2,1H3. The van der Waals surface area contributed by atoms with E-state index in [-0.39, 0.29) is 10.8 Å². The van der Waals surface area contributed by atoms with Crippen LogP contribution in [0.15, 0.2) is 18.2 Å². The van der Waals surface area contributed by atoms with Crippen molar-refractivity contribution in [3.05, 3.63) is 29.3 Å². The van der Waals surface area contributed by atoms with Crippen LogP contribution in [0.5, 0.6) is 0 Å². The molecule has 0 radical (unpaired) electrons. The molecule has 0 amide bonds. The summed E-state index contributed by atoms with van der Waals surface area (Å²) >= 11 is 1.16. The molecule has 2 nitrogen and oxygen atoms in total. The molecule has 0 aromatic heterocycles. The van der Waals surface area contributed by atoms with Crippen LogP contribution in [-0.2, 0) is 11.0 Å². The summed E-state index contributed by atoms with van der Waals surface area (Å²) in [4.78, 5) is 10.7. The van der Waals surface area contributed by atoms with Crippen molar-refractivity contribution in [1.29, 1.82) is 0 Å². The summed E-state index contributed by atoms with van der Waals surface area (Å²) in [6.07, 6.45) is -3.93. The Balaban J connectivity index is 2.71. The van der Waals surface area contributed by atoms with Crippen LogP contribution in [0.4, 0.5) is 18.9 Å². The lowest BCUT2D eigenvalue weighted by Crippen LogP contribution is -2.06. The lowest BCUT2D eigenvalue weighted by atomic mass is 10.1. The molecule has 19 heavy (non-hydrogen) atoms. The predicted molar refractivity (Wildman–Crippen MR) is 70.5 cm³/mol. The molecule has 0 aliphatic rings. The first-order valence-electron chi connectivity index (χ1n) is 5.39. The van der Waals surface area contributed by atoms with E-state index in [2.05, 4.69) is 11.8 Å². The van der Waals surface area contributed by atoms with Gasteiger partial charge in [-0.25, -0.2) is 0 Å². The third kappa shape index (κ3) is 5.26. The highest BCUT2D eigenvalue weighted by molar-refractivity contribution is 8.13. The summed E-state index contributed by atoms with van der Waals surface area (Å²) in [7, 11) is 0. The molecule has 0 saturated heterocycles.